The SMILES string of the molecule is C[C@H](CO)N[C@@H](C)[C@H](O)c1cc(F)cc(F)c1. The van der Waals surface area contributed by atoms with Gasteiger partial charge in [-0.25, -0.2) is 8.78 Å². The third kappa shape index (κ3) is 4.03. The van der Waals surface area contributed by atoms with Crippen molar-refractivity contribution >= 4 is 0 Å². The van der Waals surface area contributed by atoms with Crippen LogP contribution in [0.4, 0.5) is 8.78 Å². The normalized spacial score (nSPS) is 16.6. The van der Waals surface area contributed by atoms with Gasteiger partial charge < -0.3 is 15.5 Å². The third-order valence-corrected chi connectivity index (χ3v) is 2.52. The number of halogens is 2. The number of nitrogens with one attached hydrogen (secondary N) is 1. The minimum atomic E-state index is -1.03. The summed E-state index contributed by atoms with van der Waals surface area (Å²) in [4.78, 5) is 0. The van der Waals surface area contributed by atoms with Gasteiger partial charge in [0.2, 0.25) is 0 Å². The van der Waals surface area contributed by atoms with Crippen LogP contribution < -0.4 is 5.32 Å². The maximum Gasteiger partial charge on any atom is 0.126 e. The first kappa shape index (κ1) is 14.0. The molecule has 3 atom stereocenters. The summed E-state index contributed by atoms with van der Waals surface area (Å²) >= 11 is 0. The van der Waals surface area contributed by atoms with Gasteiger partial charge in [0.1, 0.15) is 11.6 Å². The van der Waals surface area contributed by atoms with E-state index in [-0.39, 0.29) is 18.2 Å². The van der Waals surface area contributed by atoms with E-state index in [1.165, 1.54) is 0 Å². The first-order valence-electron chi connectivity index (χ1n) is 5.45. The molecule has 0 bridgehead atoms. The van der Waals surface area contributed by atoms with Gasteiger partial charge in [0, 0.05) is 18.2 Å². The maximum atomic E-state index is 13.0. The molecule has 0 aromatic heterocycles. The van der Waals surface area contributed by atoms with Gasteiger partial charge in [-0.1, -0.05) is 0 Å². The van der Waals surface area contributed by atoms with Crippen molar-refractivity contribution in [1.82, 2.24) is 5.32 Å². The smallest absolute Gasteiger partial charge is 0.126 e. The molecule has 0 saturated carbocycles. The van der Waals surface area contributed by atoms with E-state index in [2.05, 4.69) is 5.32 Å². The molecule has 1 aromatic rings. The predicted molar refractivity (Wildman–Crippen MR) is 60.5 cm³/mol. The van der Waals surface area contributed by atoms with Gasteiger partial charge >= 0.3 is 0 Å². The summed E-state index contributed by atoms with van der Waals surface area (Å²) < 4.78 is 25.9. The minimum Gasteiger partial charge on any atom is -0.395 e. The highest BCUT2D eigenvalue weighted by Crippen LogP contribution is 2.19. The zero-order valence-electron chi connectivity index (χ0n) is 9.82. The Hall–Kier alpha value is -1.04. The van der Waals surface area contributed by atoms with Crippen molar-refractivity contribution in [1.29, 1.82) is 0 Å². The Morgan fingerprint density at radius 3 is 2.18 bits per heavy atom. The Kier molecular flexibility index (Phi) is 4.99. The zero-order valence-corrected chi connectivity index (χ0v) is 9.82. The number of hydrogen-bond donors (Lipinski definition) is 3. The molecule has 0 aliphatic rings. The molecule has 3 nitrogen and oxygen atoms in total. The van der Waals surface area contributed by atoms with Gasteiger partial charge in [0.25, 0.3) is 0 Å². The minimum absolute atomic E-state index is 0.0748. The monoisotopic (exact) mass is 245 g/mol. The van der Waals surface area contributed by atoms with Crippen LogP contribution in [0.15, 0.2) is 18.2 Å². The topological polar surface area (TPSA) is 52.5 Å². The van der Waals surface area contributed by atoms with Crippen LogP contribution in [0.5, 0.6) is 0 Å². The Balaban J connectivity index is 2.77. The summed E-state index contributed by atoms with van der Waals surface area (Å²) in [7, 11) is 0. The number of aliphatic hydroxyl groups excluding tert-OH is 2. The van der Waals surface area contributed by atoms with Crippen molar-refractivity contribution in [2.24, 2.45) is 0 Å². The van der Waals surface area contributed by atoms with E-state index >= 15 is 0 Å². The van der Waals surface area contributed by atoms with Crippen molar-refractivity contribution in [3.63, 3.8) is 0 Å². The molecule has 1 aromatic carbocycles. The van der Waals surface area contributed by atoms with Crippen LogP contribution in [0, 0.1) is 11.6 Å². The van der Waals surface area contributed by atoms with Crippen LogP contribution in [0.25, 0.3) is 0 Å². The second kappa shape index (κ2) is 6.05. The number of hydrogen-bond acceptors (Lipinski definition) is 3. The van der Waals surface area contributed by atoms with E-state index in [1.807, 2.05) is 0 Å². The average Bonchev–Trinajstić information content (AvgIpc) is 2.26. The van der Waals surface area contributed by atoms with Crippen molar-refractivity contribution in [2.45, 2.75) is 32.0 Å². The summed E-state index contributed by atoms with van der Waals surface area (Å²) in [5.41, 5.74) is 0.174. The van der Waals surface area contributed by atoms with Crippen LogP contribution in [0.3, 0.4) is 0 Å². The fraction of sp³-hybridized carbons (Fsp3) is 0.500. The van der Waals surface area contributed by atoms with E-state index < -0.39 is 23.8 Å². The molecule has 1 rings (SSSR count). The van der Waals surface area contributed by atoms with E-state index in [9.17, 15) is 13.9 Å². The molecule has 0 amide bonds. The van der Waals surface area contributed by atoms with Crippen molar-refractivity contribution in [2.75, 3.05) is 6.61 Å². The predicted octanol–water partition coefficient (Wildman–Crippen LogP) is 1.36. The molecule has 96 valence electrons. The van der Waals surface area contributed by atoms with E-state index in [0.29, 0.717) is 0 Å². The highest BCUT2D eigenvalue weighted by molar-refractivity contribution is 5.21. The van der Waals surface area contributed by atoms with Gasteiger partial charge in [0.05, 0.1) is 12.7 Å². The molecular weight excluding hydrogens is 228 g/mol. The summed E-state index contributed by atoms with van der Waals surface area (Å²) in [6, 6.07) is 2.33. The lowest BCUT2D eigenvalue weighted by Gasteiger charge is -2.23. The molecule has 0 spiro atoms. The molecule has 0 unspecified atom stereocenters. The van der Waals surface area contributed by atoms with Crippen molar-refractivity contribution in [3.05, 3.63) is 35.4 Å². The third-order valence-electron chi connectivity index (χ3n) is 2.52. The van der Waals surface area contributed by atoms with E-state index in [1.54, 1.807) is 13.8 Å². The first-order valence-corrected chi connectivity index (χ1v) is 5.45. The van der Waals surface area contributed by atoms with Gasteiger partial charge in [-0.15, -0.1) is 0 Å². The Bertz CT molecular complexity index is 353. The summed E-state index contributed by atoms with van der Waals surface area (Å²) in [5, 5.41) is 21.7. The summed E-state index contributed by atoms with van der Waals surface area (Å²) in [5.74, 6) is -1.44. The van der Waals surface area contributed by atoms with Crippen LogP contribution in [-0.2, 0) is 0 Å². The summed E-state index contributed by atoms with van der Waals surface area (Å²) in [6.45, 7) is 3.35. The van der Waals surface area contributed by atoms with E-state index in [4.69, 9.17) is 5.11 Å². The number of rotatable bonds is 5. The molecule has 0 aliphatic heterocycles. The first-order chi connectivity index (χ1) is 7.93. The quantitative estimate of drug-likeness (QED) is 0.734. The zero-order chi connectivity index (χ0) is 13.0. The van der Waals surface area contributed by atoms with Gasteiger partial charge in [-0.2, -0.15) is 0 Å². The molecule has 0 saturated heterocycles. The maximum absolute atomic E-state index is 13.0. The Morgan fingerprint density at radius 2 is 1.71 bits per heavy atom. The fourth-order valence-electron chi connectivity index (χ4n) is 1.63. The molecule has 0 radical (unpaired) electrons. The Labute approximate surface area is 99.1 Å². The van der Waals surface area contributed by atoms with E-state index in [0.717, 1.165) is 18.2 Å². The van der Waals surface area contributed by atoms with Crippen LogP contribution in [-0.4, -0.2) is 28.9 Å². The van der Waals surface area contributed by atoms with Gasteiger partial charge in [0.15, 0.2) is 0 Å². The lowest BCUT2D eigenvalue weighted by molar-refractivity contribution is 0.121. The van der Waals surface area contributed by atoms with Crippen molar-refractivity contribution < 1.29 is 19.0 Å². The summed E-state index contributed by atoms with van der Waals surface area (Å²) in [6.07, 6.45) is -1.03. The van der Waals surface area contributed by atoms with Crippen molar-refractivity contribution in [3.8, 4) is 0 Å². The lowest BCUT2D eigenvalue weighted by atomic mass is 10.0. The number of benzene rings is 1. The Morgan fingerprint density at radius 1 is 1.18 bits per heavy atom. The van der Waals surface area contributed by atoms with Crippen LogP contribution >= 0.6 is 0 Å². The second-order valence-electron chi connectivity index (χ2n) is 4.19. The highest BCUT2D eigenvalue weighted by atomic mass is 19.1. The van der Waals surface area contributed by atoms with Crippen LogP contribution in [0.1, 0.15) is 25.5 Å². The largest absolute Gasteiger partial charge is 0.395 e. The lowest BCUT2D eigenvalue weighted by Crippen LogP contribution is -2.40. The highest BCUT2D eigenvalue weighted by Gasteiger charge is 2.19. The van der Waals surface area contributed by atoms with Crippen LogP contribution in [0.2, 0.25) is 0 Å². The van der Waals surface area contributed by atoms with Gasteiger partial charge in [-0.05, 0) is 31.5 Å². The molecule has 3 N–H and O–H groups in total. The molecule has 0 fully saturated rings. The standard InChI is InChI=1S/C12H17F2NO2/c1-7(6-16)15-8(2)12(17)9-3-10(13)5-11(14)4-9/h3-5,7-8,12,15-17H,6H2,1-2H3/t7-,8+,12+/m1/s1. The number of aliphatic hydroxyl groups is 2. The molecular formula is C12H17F2NO2. The molecule has 17 heavy (non-hydrogen) atoms. The average molecular weight is 245 g/mol. The van der Waals surface area contributed by atoms with Gasteiger partial charge in [-0.3, -0.25) is 0 Å². The molecule has 0 aliphatic carbocycles. The fourth-order valence-corrected chi connectivity index (χ4v) is 1.63. The second-order valence-corrected chi connectivity index (χ2v) is 4.19. The molecule has 5 heteroatoms. The molecule has 0 heterocycles.